The van der Waals surface area contributed by atoms with Gasteiger partial charge in [0.15, 0.2) is 18.7 Å². The Labute approximate surface area is 606 Å². The molecule has 1 saturated carbocycles. The van der Waals surface area contributed by atoms with E-state index in [0.29, 0.717) is 19.3 Å². The Morgan fingerprint density at radius 2 is 0.634 bits per heavy atom. The molecule has 0 aromatic carbocycles. The van der Waals surface area contributed by atoms with E-state index in [1.54, 1.807) is 0 Å². The molecule has 18 unspecified atom stereocenters. The minimum absolute atomic E-state index is 0.0327. The third-order valence-electron chi connectivity index (χ3n) is 20.1. The average Bonchev–Trinajstić information content (AvgIpc) is 0.761. The van der Waals surface area contributed by atoms with Gasteiger partial charge in [0.1, 0.15) is 98.7 Å². The van der Waals surface area contributed by atoms with Crippen LogP contribution in [0.5, 0.6) is 0 Å². The summed E-state index contributed by atoms with van der Waals surface area (Å²) in [7, 11) is -5.69. The number of hydrogen-bond donors (Lipinski definition) is 11. The fourth-order valence-electron chi connectivity index (χ4n) is 13.6. The van der Waals surface area contributed by atoms with Gasteiger partial charge in [-0.1, -0.05) is 297 Å². The van der Waals surface area contributed by atoms with Crippen LogP contribution in [0.4, 0.5) is 0 Å². The van der Waals surface area contributed by atoms with Gasteiger partial charge in [0.2, 0.25) is 0 Å². The van der Waals surface area contributed by atoms with Crippen LogP contribution in [0.1, 0.15) is 335 Å². The third kappa shape index (κ3) is 40.7. The molecule has 18 atom stereocenters. The van der Waals surface area contributed by atoms with Crippen molar-refractivity contribution < 1.29 is 117 Å². The van der Waals surface area contributed by atoms with E-state index < -0.39 is 156 Å². The number of carbonyl (C=O) groups excluding carboxylic acids is 3. The first kappa shape index (κ1) is 93.2. The van der Waals surface area contributed by atoms with Crippen molar-refractivity contribution in [3.8, 4) is 0 Å². The zero-order valence-corrected chi connectivity index (χ0v) is 63.4. The van der Waals surface area contributed by atoms with Crippen molar-refractivity contribution in [1.82, 2.24) is 0 Å². The Morgan fingerprint density at radius 1 is 0.347 bits per heavy atom. The minimum Gasteiger partial charge on any atom is -0.463 e. The third-order valence-corrected chi connectivity index (χ3v) is 21.1. The van der Waals surface area contributed by atoms with Crippen molar-refractivity contribution in [3.63, 3.8) is 0 Å². The van der Waals surface area contributed by atoms with Crippen LogP contribution in [-0.2, 0) is 61.2 Å². The zero-order chi connectivity index (χ0) is 73.9. The Balaban J connectivity index is 1.70. The van der Waals surface area contributed by atoms with Crippen molar-refractivity contribution in [2.24, 2.45) is 0 Å². The summed E-state index contributed by atoms with van der Waals surface area (Å²) in [5.74, 6) is -1.97. The highest BCUT2D eigenvalue weighted by Gasteiger charge is 2.58. The number of carbonyl (C=O) groups is 3. The largest absolute Gasteiger partial charge is 0.472 e. The fourth-order valence-corrected chi connectivity index (χ4v) is 14.5. The second-order valence-corrected chi connectivity index (χ2v) is 30.6. The second kappa shape index (κ2) is 58.0. The smallest absolute Gasteiger partial charge is 0.463 e. The maximum atomic E-state index is 14.4. The summed E-state index contributed by atoms with van der Waals surface area (Å²) < 4.78 is 65.2. The second-order valence-electron chi connectivity index (χ2n) is 29.2. The van der Waals surface area contributed by atoms with E-state index >= 15 is 0 Å². The van der Waals surface area contributed by atoms with Gasteiger partial charge < -0.3 is 89.1 Å². The molecule has 1 aliphatic carbocycles. The van der Waals surface area contributed by atoms with E-state index in [1.165, 1.54) is 186 Å². The minimum atomic E-state index is -5.69. The van der Waals surface area contributed by atoms with E-state index in [2.05, 4.69) is 20.8 Å². The number of aliphatic hydroxyl groups excluding tert-OH is 10. The highest BCUT2D eigenvalue weighted by Crippen LogP contribution is 2.49. The molecule has 2 heterocycles. The molecule has 0 radical (unpaired) electrons. The number of phosphoric ester groups is 1. The van der Waals surface area contributed by atoms with E-state index in [4.69, 9.17) is 42.2 Å². The van der Waals surface area contributed by atoms with Crippen LogP contribution >= 0.6 is 7.82 Å². The fraction of sp³-hybridized carbons (Fsp3) is 0.961. The van der Waals surface area contributed by atoms with E-state index in [1.807, 2.05) is 0 Å². The molecule has 11 N–H and O–H groups in total. The molecule has 101 heavy (non-hydrogen) atoms. The first-order valence-corrected chi connectivity index (χ1v) is 41.8. The average molecular weight is 1470 g/mol. The molecule has 3 aliphatic rings. The molecule has 0 spiro atoms. The Morgan fingerprint density at radius 3 is 0.970 bits per heavy atom. The Kier molecular flexibility index (Phi) is 53.5. The molecule has 0 aromatic rings. The Hall–Kier alpha value is -2.04. The van der Waals surface area contributed by atoms with Crippen molar-refractivity contribution >= 4 is 25.7 Å². The molecule has 596 valence electrons. The SMILES string of the molecule is CCCCCCCCCCCCCCCCCCC(=O)OCC(COP(=O)(O)OC1C(OC2OC(CO)C(O)C(O)C2O)C(O)C(O)C(O)C1OC1OC(COC(=O)CCCCCCCCCCCCCCCCC)C(O)C(O)C1O)OC(=O)CCCCCCCCCCCCCCCCC. The van der Waals surface area contributed by atoms with Gasteiger partial charge in [-0.2, -0.15) is 0 Å². The van der Waals surface area contributed by atoms with Crippen LogP contribution < -0.4 is 0 Å². The lowest BCUT2D eigenvalue weighted by atomic mass is 9.84. The van der Waals surface area contributed by atoms with Gasteiger partial charge in [-0.25, -0.2) is 4.57 Å². The Bertz CT molecular complexity index is 2080. The van der Waals surface area contributed by atoms with Gasteiger partial charge in [0.05, 0.1) is 13.2 Å². The van der Waals surface area contributed by atoms with Crippen LogP contribution in [0.2, 0.25) is 0 Å². The summed E-state index contributed by atoms with van der Waals surface area (Å²) >= 11 is 0. The molecule has 0 aromatic heterocycles. The predicted octanol–water partition coefficient (Wildman–Crippen LogP) is 12.1. The molecule has 25 heteroatoms. The highest BCUT2D eigenvalue weighted by atomic mass is 31.2. The van der Waals surface area contributed by atoms with Crippen molar-refractivity contribution in [1.29, 1.82) is 0 Å². The van der Waals surface area contributed by atoms with Gasteiger partial charge in [0.25, 0.3) is 0 Å². The molecule has 0 amide bonds. The molecule has 2 aliphatic heterocycles. The van der Waals surface area contributed by atoms with E-state index in [0.717, 1.165) is 89.9 Å². The predicted molar refractivity (Wildman–Crippen MR) is 384 cm³/mol. The van der Waals surface area contributed by atoms with Gasteiger partial charge >= 0.3 is 25.7 Å². The summed E-state index contributed by atoms with van der Waals surface area (Å²) in [6.07, 6.45) is 17.1. The number of unbranched alkanes of at least 4 members (excludes halogenated alkanes) is 43. The summed E-state index contributed by atoms with van der Waals surface area (Å²) in [6, 6.07) is 0. The lowest BCUT2D eigenvalue weighted by Gasteiger charge is -2.49. The van der Waals surface area contributed by atoms with Gasteiger partial charge in [0, 0.05) is 19.3 Å². The normalized spacial score (nSPS) is 27.1. The summed E-state index contributed by atoms with van der Waals surface area (Å²) in [5, 5.41) is 110. The maximum Gasteiger partial charge on any atom is 0.472 e. The maximum absolute atomic E-state index is 14.4. The van der Waals surface area contributed by atoms with Crippen LogP contribution in [0.15, 0.2) is 0 Å². The zero-order valence-electron chi connectivity index (χ0n) is 62.5. The summed E-state index contributed by atoms with van der Waals surface area (Å²) in [4.78, 5) is 51.1. The molecule has 3 rings (SSSR count). The number of esters is 3. The van der Waals surface area contributed by atoms with Crippen LogP contribution in [0.3, 0.4) is 0 Å². The number of rotatable bonds is 64. The van der Waals surface area contributed by atoms with Gasteiger partial charge in [-0.3, -0.25) is 23.4 Å². The lowest BCUT2D eigenvalue weighted by Crippen LogP contribution is -2.69. The van der Waals surface area contributed by atoms with Crippen LogP contribution in [-0.4, -0.2) is 204 Å². The molecule has 2 saturated heterocycles. The first-order valence-electron chi connectivity index (χ1n) is 40.3. The van der Waals surface area contributed by atoms with E-state index in [-0.39, 0.29) is 19.3 Å². The molecular weight excluding hydrogens is 1330 g/mol. The van der Waals surface area contributed by atoms with E-state index in [9.17, 15) is 74.9 Å². The summed E-state index contributed by atoms with van der Waals surface area (Å²) in [6.45, 7) is 3.51. The molecule has 3 fully saturated rings. The van der Waals surface area contributed by atoms with Crippen LogP contribution in [0.25, 0.3) is 0 Å². The van der Waals surface area contributed by atoms with Crippen molar-refractivity contribution in [2.75, 3.05) is 26.4 Å². The number of ether oxygens (including phenoxy) is 7. The van der Waals surface area contributed by atoms with Crippen molar-refractivity contribution in [3.05, 3.63) is 0 Å². The summed E-state index contributed by atoms with van der Waals surface area (Å²) in [5.41, 5.74) is 0. The number of aliphatic hydroxyl groups is 10. The molecule has 24 nitrogen and oxygen atoms in total. The van der Waals surface area contributed by atoms with Crippen molar-refractivity contribution in [2.45, 2.75) is 440 Å². The van der Waals surface area contributed by atoms with Crippen LogP contribution in [0, 0.1) is 0 Å². The highest BCUT2D eigenvalue weighted by molar-refractivity contribution is 7.47. The number of phosphoric acid groups is 1. The monoisotopic (exact) mass is 1470 g/mol. The topological polar surface area (TPSA) is 374 Å². The molecular formula is C76H143O24P. The van der Waals surface area contributed by atoms with Gasteiger partial charge in [-0.05, 0) is 19.3 Å². The van der Waals surface area contributed by atoms with Gasteiger partial charge in [-0.15, -0.1) is 0 Å². The lowest BCUT2D eigenvalue weighted by molar-refractivity contribution is -0.360. The standard InChI is InChI=1S/C76H143O24P/c1-4-7-10-13-16-19-22-25-28-31-33-35-38-41-44-47-50-60(78)92-54-57(95-62(80)52-49-46-43-40-37-34-30-27-24-21-18-15-12-9-6-3)55-94-101(90,91)100-74-72(98-75-70(88)65(83)63(81)58(53-77)96-75)68(86)67(85)69(87)73(74)99-76-71(89)66(84)64(82)59(97-76)56-93-61(79)51-48-45-42-39-36-32-29-26-23-20-17-14-11-8-5-2/h57-59,63-77,81-89H,4-56H2,1-3H3,(H,90,91). The first-order chi connectivity index (χ1) is 48.8. The number of hydrogen-bond acceptors (Lipinski definition) is 23. The quantitative estimate of drug-likeness (QED) is 0.0117. The molecule has 0 bridgehead atoms.